The Hall–Kier alpha value is -1.36. The molecule has 0 radical (unpaired) electrons. The predicted molar refractivity (Wildman–Crippen MR) is 65.2 cm³/mol. The summed E-state index contributed by atoms with van der Waals surface area (Å²) in [5.74, 6) is 1.15. The third-order valence-corrected chi connectivity index (χ3v) is 3.65. The molecule has 0 unspecified atom stereocenters. The standard InChI is InChI=1S/C12H19N3O2/c1-11(2)7-15(8-12(11,3)16)10-13-6-5-9(14-10)17-4/h5-6,16H,7-8H2,1-4H3/t12-/m0/s1. The molecule has 1 aliphatic rings. The zero-order valence-corrected chi connectivity index (χ0v) is 10.8. The van der Waals surface area contributed by atoms with Crippen LogP contribution in [-0.4, -0.2) is 40.9 Å². The van der Waals surface area contributed by atoms with E-state index in [1.807, 2.05) is 25.7 Å². The summed E-state index contributed by atoms with van der Waals surface area (Å²) in [5, 5.41) is 10.4. The summed E-state index contributed by atoms with van der Waals surface area (Å²) >= 11 is 0. The predicted octanol–water partition coefficient (Wildman–Crippen LogP) is 1.08. The first kappa shape index (κ1) is 12.1. The van der Waals surface area contributed by atoms with Crippen LogP contribution >= 0.6 is 0 Å². The molecule has 1 aliphatic heterocycles. The van der Waals surface area contributed by atoms with Crippen molar-refractivity contribution in [3.8, 4) is 5.88 Å². The first-order chi connectivity index (χ1) is 7.86. The Morgan fingerprint density at radius 1 is 1.35 bits per heavy atom. The second kappa shape index (κ2) is 3.84. The fourth-order valence-corrected chi connectivity index (χ4v) is 2.03. The Kier molecular flexibility index (Phi) is 2.73. The van der Waals surface area contributed by atoms with E-state index in [4.69, 9.17) is 4.74 Å². The molecular formula is C12H19N3O2. The maximum Gasteiger partial charge on any atom is 0.228 e. The number of aromatic nitrogens is 2. The van der Waals surface area contributed by atoms with E-state index < -0.39 is 5.60 Å². The molecule has 0 amide bonds. The second-order valence-electron chi connectivity index (χ2n) is 5.41. The Labute approximate surface area is 101 Å². The van der Waals surface area contributed by atoms with E-state index in [2.05, 4.69) is 9.97 Å². The maximum atomic E-state index is 10.4. The number of rotatable bonds is 2. The van der Waals surface area contributed by atoms with Gasteiger partial charge in [-0.1, -0.05) is 13.8 Å². The van der Waals surface area contributed by atoms with Crippen molar-refractivity contribution in [2.24, 2.45) is 5.41 Å². The third-order valence-electron chi connectivity index (χ3n) is 3.65. The Balaban J connectivity index is 2.25. The highest BCUT2D eigenvalue weighted by Gasteiger charge is 2.48. The molecule has 0 spiro atoms. The van der Waals surface area contributed by atoms with Crippen molar-refractivity contribution in [3.05, 3.63) is 12.3 Å². The molecule has 1 aromatic rings. The number of aliphatic hydroxyl groups is 1. The van der Waals surface area contributed by atoms with Crippen molar-refractivity contribution in [1.29, 1.82) is 0 Å². The number of nitrogens with zero attached hydrogens (tertiary/aromatic N) is 3. The highest BCUT2D eigenvalue weighted by molar-refractivity contribution is 5.36. The first-order valence-electron chi connectivity index (χ1n) is 5.70. The minimum atomic E-state index is -0.737. The average molecular weight is 237 g/mol. The van der Waals surface area contributed by atoms with E-state index in [0.29, 0.717) is 18.4 Å². The molecule has 1 fully saturated rings. The summed E-state index contributed by atoms with van der Waals surface area (Å²) < 4.78 is 5.08. The maximum absolute atomic E-state index is 10.4. The lowest BCUT2D eigenvalue weighted by Crippen LogP contribution is -2.40. The van der Waals surface area contributed by atoms with Crippen LogP contribution in [0.1, 0.15) is 20.8 Å². The highest BCUT2D eigenvalue weighted by Crippen LogP contribution is 2.39. The first-order valence-corrected chi connectivity index (χ1v) is 5.70. The van der Waals surface area contributed by atoms with Crippen LogP contribution in [-0.2, 0) is 0 Å². The van der Waals surface area contributed by atoms with Crippen molar-refractivity contribution >= 4 is 5.95 Å². The molecule has 5 nitrogen and oxygen atoms in total. The number of anilines is 1. The fourth-order valence-electron chi connectivity index (χ4n) is 2.03. The van der Waals surface area contributed by atoms with E-state index >= 15 is 0 Å². The molecule has 0 aromatic carbocycles. The van der Waals surface area contributed by atoms with Gasteiger partial charge in [-0.05, 0) is 6.92 Å². The van der Waals surface area contributed by atoms with Crippen LogP contribution in [0.3, 0.4) is 0 Å². The number of hydrogen-bond donors (Lipinski definition) is 1. The smallest absolute Gasteiger partial charge is 0.228 e. The average Bonchev–Trinajstić information content (AvgIpc) is 2.48. The van der Waals surface area contributed by atoms with Crippen LogP contribution < -0.4 is 9.64 Å². The molecule has 94 valence electrons. The Bertz CT molecular complexity index is 402. The van der Waals surface area contributed by atoms with Crippen molar-refractivity contribution in [2.45, 2.75) is 26.4 Å². The van der Waals surface area contributed by atoms with Crippen LogP contribution in [0.5, 0.6) is 5.88 Å². The van der Waals surface area contributed by atoms with Crippen LogP contribution in [0.25, 0.3) is 0 Å². The molecule has 1 saturated heterocycles. The van der Waals surface area contributed by atoms with Crippen LogP contribution in [0.15, 0.2) is 12.3 Å². The Morgan fingerprint density at radius 3 is 2.59 bits per heavy atom. The number of ether oxygens (including phenoxy) is 1. The second-order valence-corrected chi connectivity index (χ2v) is 5.41. The minimum Gasteiger partial charge on any atom is -0.481 e. The zero-order chi connectivity index (χ0) is 12.7. The van der Waals surface area contributed by atoms with Gasteiger partial charge in [0.25, 0.3) is 0 Å². The molecule has 17 heavy (non-hydrogen) atoms. The molecule has 1 N–H and O–H groups in total. The van der Waals surface area contributed by atoms with Crippen molar-refractivity contribution < 1.29 is 9.84 Å². The monoisotopic (exact) mass is 237 g/mol. The van der Waals surface area contributed by atoms with E-state index in [0.717, 1.165) is 6.54 Å². The molecule has 2 rings (SSSR count). The van der Waals surface area contributed by atoms with Crippen molar-refractivity contribution in [1.82, 2.24) is 9.97 Å². The Morgan fingerprint density at radius 2 is 2.06 bits per heavy atom. The third kappa shape index (κ3) is 2.07. The van der Waals surface area contributed by atoms with E-state index in [1.54, 1.807) is 19.4 Å². The molecule has 0 aliphatic carbocycles. The summed E-state index contributed by atoms with van der Waals surface area (Å²) in [4.78, 5) is 10.5. The quantitative estimate of drug-likeness (QED) is 0.834. The van der Waals surface area contributed by atoms with E-state index in [9.17, 15) is 5.11 Å². The van der Waals surface area contributed by atoms with Gasteiger partial charge in [0.1, 0.15) is 0 Å². The minimum absolute atomic E-state index is 0.181. The van der Waals surface area contributed by atoms with Gasteiger partial charge in [0, 0.05) is 30.8 Å². The highest BCUT2D eigenvalue weighted by atomic mass is 16.5. The normalized spacial score (nSPS) is 27.2. The van der Waals surface area contributed by atoms with Gasteiger partial charge in [-0.25, -0.2) is 4.98 Å². The number of β-amino-alcohol motifs (C(OH)–C–C–N with tert-alkyl or cyclic N) is 1. The van der Waals surface area contributed by atoms with Gasteiger partial charge >= 0.3 is 0 Å². The summed E-state index contributed by atoms with van der Waals surface area (Å²) in [5.41, 5.74) is -0.918. The van der Waals surface area contributed by atoms with Gasteiger partial charge in [-0.2, -0.15) is 4.98 Å². The van der Waals surface area contributed by atoms with Crippen molar-refractivity contribution in [3.63, 3.8) is 0 Å². The molecule has 0 bridgehead atoms. The lowest BCUT2D eigenvalue weighted by atomic mass is 9.79. The number of hydrogen-bond acceptors (Lipinski definition) is 5. The number of methoxy groups -OCH3 is 1. The summed E-state index contributed by atoms with van der Waals surface area (Å²) in [6, 6.07) is 1.71. The molecule has 1 atom stereocenters. The lowest BCUT2D eigenvalue weighted by Gasteiger charge is -2.30. The van der Waals surface area contributed by atoms with Gasteiger partial charge in [0.05, 0.1) is 12.7 Å². The lowest BCUT2D eigenvalue weighted by molar-refractivity contribution is -0.00891. The van der Waals surface area contributed by atoms with Gasteiger partial charge < -0.3 is 14.7 Å². The topological polar surface area (TPSA) is 58.5 Å². The van der Waals surface area contributed by atoms with Crippen LogP contribution in [0.2, 0.25) is 0 Å². The van der Waals surface area contributed by atoms with Gasteiger partial charge in [-0.15, -0.1) is 0 Å². The SMILES string of the molecule is COc1ccnc(N2CC(C)(C)[C@@](C)(O)C2)n1. The summed E-state index contributed by atoms with van der Waals surface area (Å²) in [6.45, 7) is 7.22. The molecule has 1 aromatic heterocycles. The summed E-state index contributed by atoms with van der Waals surface area (Å²) in [7, 11) is 1.58. The molecule has 0 saturated carbocycles. The summed E-state index contributed by atoms with van der Waals surface area (Å²) in [6.07, 6.45) is 1.67. The molecular weight excluding hydrogens is 218 g/mol. The fraction of sp³-hybridized carbons (Fsp3) is 0.667. The van der Waals surface area contributed by atoms with E-state index in [1.165, 1.54) is 0 Å². The van der Waals surface area contributed by atoms with Crippen LogP contribution in [0.4, 0.5) is 5.95 Å². The van der Waals surface area contributed by atoms with Crippen molar-refractivity contribution in [2.75, 3.05) is 25.1 Å². The molecule has 2 heterocycles. The van der Waals surface area contributed by atoms with E-state index in [-0.39, 0.29) is 5.41 Å². The molecule has 5 heteroatoms. The van der Waals surface area contributed by atoms with Gasteiger partial charge in [-0.3, -0.25) is 0 Å². The largest absolute Gasteiger partial charge is 0.481 e. The van der Waals surface area contributed by atoms with Gasteiger partial charge in [0.2, 0.25) is 11.8 Å². The van der Waals surface area contributed by atoms with Crippen LogP contribution in [0, 0.1) is 5.41 Å². The zero-order valence-electron chi connectivity index (χ0n) is 10.8. The van der Waals surface area contributed by atoms with Gasteiger partial charge in [0.15, 0.2) is 0 Å².